The standard InChI is InChI=1S/C16H26N6O2.HI/c1-3-17-15(18-11-16(12-23)4-5-16)21-6-7-22(14(24)10-21)13-8-19-20(2)9-13;/h8-9,23H,3-7,10-12H2,1-2H3,(H,17,18);1H. The number of carbonyl (C=O) groups excluding carboxylic acids is 1. The van der Waals surface area contributed by atoms with Crippen LogP contribution < -0.4 is 10.2 Å². The van der Waals surface area contributed by atoms with Gasteiger partial charge in [0, 0.05) is 38.3 Å². The molecule has 9 heteroatoms. The van der Waals surface area contributed by atoms with Gasteiger partial charge in [0.2, 0.25) is 5.91 Å². The van der Waals surface area contributed by atoms with E-state index in [0.29, 0.717) is 19.6 Å². The molecule has 2 heterocycles. The maximum atomic E-state index is 12.5. The number of rotatable bonds is 5. The van der Waals surface area contributed by atoms with E-state index >= 15 is 0 Å². The Morgan fingerprint density at radius 1 is 1.44 bits per heavy atom. The Balaban J connectivity index is 0.00000225. The molecule has 1 aliphatic heterocycles. The van der Waals surface area contributed by atoms with E-state index in [1.54, 1.807) is 15.8 Å². The predicted octanol–water partition coefficient (Wildman–Crippen LogP) is 0.425. The minimum atomic E-state index is -0.0256. The second-order valence-electron chi connectivity index (χ2n) is 6.67. The minimum Gasteiger partial charge on any atom is -0.396 e. The van der Waals surface area contributed by atoms with E-state index in [0.717, 1.165) is 37.6 Å². The van der Waals surface area contributed by atoms with E-state index < -0.39 is 0 Å². The van der Waals surface area contributed by atoms with Crippen molar-refractivity contribution in [3.8, 4) is 0 Å². The molecule has 0 unspecified atom stereocenters. The normalized spacial score (nSPS) is 19.6. The predicted molar refractivity (Wildman–Crippen MR) is 107 cm³/mol. The first-order valence-electron chi connectivity index (χ1n) is 8.50. The van der Waals surface area contributed by atoms with Gasteiger partial charge in [-0.05, 0) is 19.8 Å². The molecule has 3 rings (SSSR count). The molecule has 2 fully saturated rings. The first-order chi connectivity index (χ1) is 11.6. The van der Waals surface area contributed by atoms with E-state index in [2.05, 4.69) is 15.4 Å². The number of nitrogens with zero attached hydrogens (tertiary/aromatic N) is 5. The molecule has 1 saturated carbocycles. The summed E-state index contributed by atoms with van der Waals surface area (Å²) in [5.74, 6) is 0.805. The summed E-state index contributed by atoms with van der Waals surface area (Å²) in [6, 6.07) is 0. The molecule has 1 aromatic rings. The number of aryl methyl sites for hydroxylation is 1. The summed E-state index contributed by atoms with van der Waals surface area (Å²) >= 11 is 0. The first kappa shape index (κ1) is 20.0. The van der Waals surface area contributed by atoms with Crippen molar-refractivity contribution >= 4 is 41.5 Å². The fraction of sp³-hybridized carbons (Fsp3) is 0.688. The molecule has 1 saturated heterocycles. The van der Waals surface area contributed by atoms with Crippen LogP contribution in [0.25, 0.3) is 0 Å². The van der Waals surface area contributed by atoms with Gasteiger partial charge in [0.1, 0.15) is 6.54 Å². The maximum absolute atomic E-state index is 12.5. The summed E-state index contributed by atoms with van der Waals surface area (Å²) in [5, 5.41) is 16.8. The largest absolute Gasteiger partial charge is 0.396 e. The smallest absolute Gasteiger partial charge is 0.246 e. The number of aliphatic hydroxyl groups is 1. The van der Waals surface area contributed by atoms with Crippen molar-refractivity contribution in [1.29, 1.82) is 0 Å². The molecule has 1 aliphatic carbocycles. The summed E-state index contributed by atoms with van der Waals surface area (Å²) in [5.41, 5.74) is 0.809. The molecule has 0 radical (unpaired) electrons. The molecule has 0 atom stereocenters. The molecule has 0 aromatic carbocycles. The summed E-state index contributed by atoms with van der Waals surface area (Å²) in [6.07, 6.45) is 5.62. The van der Waals surface area contributed by atoms with Gasteiger partial charge in [-0.1, -0.05) is 0 Å². The number of piperazine rings is 1. The van der Waals surface area contributed by atoms with E-state index in [1.807, 2.05) is 25.1 Å². The molecular weight excluding hydrogens is 435 g/mol. The maximum Gasteiger partial charge on any atom is 0.246 e. The van der Waals surface area contributed by atoms with Crippen LogP contribution in [0.15, 0.2) is 17.4 Å². The zero-order valence-corrected chi connectivity index (χ0v) is 17.1. The Kier molecular flexibility index (Phi) is 6.66. The number of aromatic nitrogens is 2. The van der Waals surface area contributed by atoms with E-state index in [9.17, 15) is 9.90 Å². The third-order valence-corrected chi connectivity index (χ3v) is 4.71. The lowest BCUT2D eigenvalue weighted by Gasteiger charge is -2.35. The van der Waals surface area contributed by atoms with Crippen LogP contribution in [0.4, 0.5) is 5.69 Å². The van der Waals surface area contributed by atoms with Gasteiger partial charge in [-0.2, -0.15) is 5.10 Å². The van der Waals surface area contributed by atoms with E-state index in [4.69, 9.17) is 0 Å². The molecular formula is C16H27IN6O2. The van der Waals surface area contributed by atoms with Crippen molar-refractivity contribution in [3.05, 3.63) is 12.4 Å². The van der Waals surface area contributed by atoms with Crippen LogP contribution in [0.5, 0.6) is 0 Å². The summed E-state index contributed by atoms with van der Waals surface area (Å²) in [6.45, 7) is 5.20. The number of aliphatic imine (C=N–C) groups is 1. The number of hydrogen-bond acceptors (Lipinski definition) is 4. The van der Waals surface area contributed by atoms with Crippen LogP contribution >= 0.6 is 24.0 Å². The minimum absolute atomic E-state index is 0. The summed E-state index contributed by atoms with van der Waals surface area (Å²) in [4.78, 5) is 20.9. The van der Waals surface area contributed by atoms with Crippen molar-refractivity contribution in [3.63, 3.8) is 0 Å². The average molecular weight is 462 g/mol. The molecule has 1 aromatic heterocycles. The van der Waals surface area contributed by atoms with Crippen molar-refractivity contribution in [2.45, 2.75) is 19.8 Å². The number of hydrogen-bond donors (Lipinski definition) is 2. The highest BCUT2D eigenvalue weighted by molar-refractivity contribution is 14.0. The molecule has 140 valence electrons. The Labute approximate surface area is 165 Å². The Hall–Kier alpha value is -1.36. The lowest BCUT2D eigenvalue weighted by atomic mass is 10.1. The zero-order valence-electron chi connectivity index (χ0n) is 14.8. The number of amides is 1. The van der Waals surface area contributed by atoms with Crippen LogP contribution in [-0.2, 0) is 11.8 Å². The molecule has 2 N–H and O–H groups in total. The van der Waals surface area contributed by atoms with Crippen LogP contribution in [0.1, 0.15) is 19.8 Å². The fourth-order valence-corrected chi connectivity index (χ4v) is 2.89. The fourth-order valence-electron chi connectivity index (χ4n) is 2.89. The quantitative estimate of drug-likeness (QED) is 0.377. The highest BCUT2D eigenvalue weighted by Crippen LogP contribution is 2.45. The summed E-state index contributed by atoms with van der Waals surface area (Å²) in [7, 11) is 1.84. The van der Waals surface area contributed by atoms with Crippen molar-refractivity contribution in [1.82, 2.24) is 20.0 Å². The van der Waals surface area contributed by atoms with Gasteiger partial charge < -0.3 is 20.2 Å². The van der Waals surface area contributed by atoms with Crippen LogP contribution in [0, 0.1) is 5.41 Å². The number of guanidine groups is 1. The van der Waals surface area contributed by atoms with Crippen LogP contribution in [0.2, 0.25) is 0 Å². The highest BCUT2D eigenvalue weighted by Gasteiger charge is 2.42. The zero-order chi connectivity index (χ0) is 17.2. The molecule has 25 heavy (non-hydrogen) atoms. The third kappa shape index (κ3) is 4.63. The Bertz CT molecular complexity index is 628. The second-order valence-corrected chi connectivity index (χ2v) is 6.67. The molecule has 8 nitrogen and oxygen atoms in total. The average Bonchev–Trinajstić information content (AvgIpc) is 3.24. The molecule has 0 bridgehead atoms. The molecule has 0 spiro atoms. The Morgan fingerprint density at radius 3 is 2.72 bits per heavy atom. The highest BCUT2D eigenvalue weighted by atomic mass is 127. The van der Waals surface area contributed by atoms with Crippen molar-refractivity contribution in [2.75, 3.05) is 44.2 Å². The van der Waals surface area contributed by atoms with E-state index in [-0.39, 0.29) is 41.9 Å². The number of aliphatic hydroxyl groups excluding tert-OH is 1. The third-order valence-electron chi connectivity index (χ3n) is 4.71. The SMILES string of the molecule is CCNC(=NCC1(CO)CC1)N1CCN(c2cnn(C)c2)C(=O)C1.I. The monoisotopic (exact) mass is 462 g/mol. The van der Waals surface area contributed by atoms with Gasteiger partial charge in [-0.25, -0.2) is 0 Å². The van der Waals surface area contributed by atoms with Crippen LogP contribution in [0.3, 0.4) is 0 Å². The first-order valence-corrected chi connectivity index (χ1v) is 8.50. The van der Waals surface area contributed by atoms with Gasteiger partial charge in [-0.3, -0.25) is 14.5 Å². The second kappa shape index (κ2) is 8.35. The molecule has 2 aliphatic rings. The number of anilines is 1. The van der Waals surface area contributed by atoms with Gasteiger partial charge >= 0.3 is 0 Å². The van der Waals surface area contributed by atoms with E-state index in [1.165, 1.54) is 0 Å². The van der Waals surface area contributed by atoms with Crippen LogP contribution in [-0.4, -0.2) is 71.0 Å². The number of halogens is 1. The van der Waals surface area contributed by atoms with Gasteiger partial charge in [0.25, 0.3) is 0 Å². The number of carbonyl (C=O) groups is 1. The lowest BCUT2D eigenvalue weighted by molar-refractivity contribution is -0.120. The lowest BCUT2D eigenvalue weighted by Crippen LogP contribution is -2.55. The van der Waals surface area contributed by atoms with Crippen molar-refractivity contribution in [2.24, 2.45) is 17.5 Å². The number of nitrogens with one attached hydrogen (secondary N) is 1. The van der Waals surface area contributed by atoms with Gasteiger partial charge in [0.15, 0.2) is 5.96 Å². The topological polar surface area (TPSA) is 86.0 Å². The van der Waals surface area contributed by atoms with Crippen molar-refractivity contribution < 1.29 is 9.90 Å². The summed E-state index contributed by atoms with van der Waals surface area (Å²) < 4.78 is 1.70. The van der Waals surface area contributed by atoms with Gasteiger partial charge in [-0.15, -0.1) is 24.0 Å². The Morgan fingerprint density at radius 2 is 2.20 bits per heavy atom. The molecule has 1 amide bonds. The van der Waals surface area contributed by atoms with Gasteiger partial charge in [0.05, 0.1) is 25.0 Å².